The van der Waals surface area contributed by atoms with Crippen molar-refractivity contribution >= 4 is 33.2 Å². The van der Waals surface area contributed by atoms with Gasteiger partial charge < -0.3 is 15.8 Å². The van der Waals surface area contributed by atoms with Crippen LogP contribution < -0.4 is 11.1 Å². The molecular formula is C20H24BrN3O2. The molecule has 1 saturated heterocycles. The minimum Gasteiger partial charge on any atom is -0.397 e. The molecule has 1 fully saturated rings. The van der Waals surface area contributed by atoms with Gasteiger partial charge in [-0.2, -0.15) is 0 Å². The first-order valence-corrected chi connectivity index (χ1v) is 9.55. The summed E-state index contributed by atoms with van der Waals surface area (Å²) >= 11 is 3.36. The smallest absolute Gasteiger partial charge is 0.255 e. The Hall–Kier alpha value is -1.89. The summed E-state index contributed by atoms with van der Waals surface area (Å²) in [5, 5.41) is 2.86. The van der Waals surface area contributed by atoms with Crippen molar-refractivity contribution in [2.24, 2.45) is 0 Å². The van der Waals surface area contributed by atoms with Gasteiger partial charge in [0.2, 0.25) is 0 Å². The number of nitrogen functional groups attached to an aromatic ring is 1. The fourth-order valence-electron chi connectivity index (χ4n) is 3.15. The van der Waals surface area contributed by atoms with Crippen LogP contribution >= 0.6 is 15.9 Å². The van der Waals surface area contributed by atoms with E-state index >= 15 is 0 Å². The Morgan fingerprint density at radius 3 is 2.58 bits per heavy atom. The number of nitrogens with one attached hydrogen (secondary N) is 1. The van der Waals surface area contributed by atoms with Crippen LogP contribution in [0.25, 0.3) is 0 Å². The normalized spacial score (nSPS) is 15.2. The van der Waals surface area contributed by atoms with E-state index in [1.165, 1.54) is 5.56 Å². The Morgan fingerprint density at radius 2 is 1.92 bits per heavy atom. The number of hydrogen-bond acceptors (Lipinski definition) is 4. The molecule has 1 amide bonds. The molecule has 2 aromatic rings. The lowest BCUT2D eigenvalue weighted by Crippen LogP contribution is -2.36. The van der Waals surface area contributed by atoms with E-state index in [2.05, 4.69) is 33.2 Å². The highest BCUT2D eigenvalue weighted by molar-refractivity contribution is 9.10. The second-order valence-corrected chi connectivity index (χ2v) is 7.56. The van der Waals surface area contributed by atoms with Crippen LogP contribution in [0.3, 0.4) is 0 Å². The molecule has 0 spiro atoms. The van der Waals surface area contributed by atoms with E-state index in [0.717, 1.165) is 37.1 Å². The number of amides is 1. The standard InChI is InChI=1S/C20H24BrN3O2/c1-24(17-8-10-26-11-9-17)13-14-2-4-15(5-3-14)20(25)23-19-7-6-16(21)12-18(19)22/h2-7,12,17H,8-11,13,22H2,1H3,(H,23,25). The van der Waals surface area contributed by atoms with Gasteiger partial charge in [0, 0.05) is 35.8 Å². The van der Waals surface area contributed by atoms with Gasteiger partial charge in [-0.3, -0.25) is 9.69 Å². The summed E-state index contributed by atoms with van der Waals surface area (Å²) in [4.78, 5) is 14.8. The molecule has 1 aliphatic heterocycles. The summed E-state index contributed by atoms with van der Waals surface area (Å²) in [6, 6.07) is 13.7. The number of nitrogens with zero attached hydrogens (tertiary/aromatic N) is 1. The predicted octanol–water partition coefficient (Wildman–Crippen LogP) is 3.89. The number of rotatable bonds is 5. The van der Waals surface area contributed by atoms with E-state index in [9.17, 15) is 4.79 Å². The fourth-order valence-corrected chi connectivity index (χ4v) is 3.53. The van der Waals surface area contributed by atoms with Crippen LogP contribution in [-0.2, 0) is 11.3 Å². The first kappa shape index (κ1) is 18.9. The van der Waals surface area contributed by atoms with Crippen molar-refractivity contribution in [1.29, 1.82) is 0 Å². The van der Waals surface area contributed by atoms with E-state index in [1.54, 1.807) is 12.1 Å². The average Bonchev–Trinajstić information content (AvgIpc) is 2.65. The van der Waals surface area contributed by atoms with Crippen LogP contribution in [0.1, 0.15) is 28.8 Å². The quantitative estimate of drug-likeness (QED) is 0.723. The Morgan fingerprint density at radius 1 is 1.23 bits per heavy atom. The first-order valence-electron chi connectivity index (χ1n) is 8.76. The number of hydrogen-bond donors (Lipinski definition) is 2. The van der Waals surface area contributed by atoms with Crippen LogP contribution in [-0.4, -0.2) is 37.1 Å². The molecule has 2 aromatic carbocycles. The number of nitrogens with two attached hydrogens (primary N) is 1. The minimum absolute atomic E-state index is 0.164. The van der Waals surface area contributed by atoms with Crippen molar-refractivity contribution in [3.63, 3.8) is 0 Å². The van der Waals surface area contributed by atoms with Crippen molar-refractivity contribution in [2.45, 2.75) is 25.4 Å². The van der Waals surface area contributed by atoms with E-state index in [-0.39, 0.29) is 5.91 Å². The zero-order valence-electron chi connectivity index (χ0n) is 14.9. The summed E-state index contributed by atoms with van der Waals surface area (Å²) in [5.74, 6) is -0.164. The summed E-state index contributed by atoms with van der Waals surface area (Å²) in [6.45, 7) is 2.55. The number of carbonyl (C=O) groups excluding carboxylic acids is 1. The SMILES string of the molecule is CN(Cc1ccc(C(=O)Nc2ccc(Br)cc2N)cc1)C1CCOCC1. The summed E-state index contributed by atoms with van der Waals surface area (Å²) in [6.07, 6.45) is 2.15. The van der Waals surface area contributed by atoms with Crippen molar-refractivity contribution in [3.8, 4) is 0 Å². The van der Waals surface area contributed by atoms with Crippen molar-refractivity contribution < 1.29 is 9.53 Å². The van der Waals surface area contributed by atoms with E-state index in [4.69, 9.17) is 10.5 Å². The molecule has 138 valence electrons. The molecule has 0 atom stereocenters. The molecule has 0 radical (unpaired) electrons. The highest BCUT2D eigenvalue weighted by Gasteiger charge is 2.18. The second kappa shape index (κ2) is 8.66. The van der Waals surface area contributed by atoms with E-state index in [1.807, 2.05) is 30.3 Å². The molecule has 1 heterocycles. The van der Waals surface area contributed by atoms with Crippen LogP contribution in [0, 0.1) is 0 Å². The van der Waals surface area contributed by atoms with Crippen molar-refractivity contribution in [2.75, 3.05) is 31.3 Å². The number of ether oxygens (including phenoxy) is 1. The number of benzene rings is 2. The second-order valence-electron chi connectivity index (χ2n) is 6.64. The Labute approximate surface area is 162 Å². The van der Waals surface area contributed by atoms with Gasteiger partial charge in [0.05, 0.1) is 11.4 Å². The van der Waals surface area contributed by atoms with Gasteiger partial charge in [0.25, 0.3) is 5.91 Å². The highest BCUT2D eigenvalue weighted by Crippen LogP contribution is 2.23. The Kier molecular flexibility index (Phi) is 6.29. The summed E-state index contributed by atoms with van der Waals surface area (Å²) in [5.41, 5.74) is 8.89. The zero-order valence-corrected chi connectivity index (χ0v) is 16.5. The lowest BCUT2D eigenvalue weighted by molar-refractivity contribution is 0.0407. The van der Waals surface area contributed by atoms with Crippen LogP contribution in [0.15, 0.2) is 46.9 Å². The Bertz CT molecular complexity index is 758. The number of anilines is 2. The van der Waals surface area contributed by atoms with Gasteiger partial charge >= 0.3 is 0 Å². The molecule has 6 heteroatoms. The predicted molar refractivity (Wildman–Crippen MR) is 108 cm³/mol. The Balaban J connectivity index is 1.60. The maximum absolute atomic E-state index is 12.4. The molecule has 3 N–H and O–H groups in total. The van der Waals surface area contributed by atoms with E-state index in [0.29, 0.717) is 23.0 Å². The molecular weight excluding hydrogens is 394 g/mol. The molecule has 0 saturated carbocycles. The minimum atomic E-state index is -0.164. The maximum atomic E-state index is 12.4. The van der Waals surface area contributed by atoms with Crippen molar-refractivity contribution in [3.05, 3.63) is 58.1 Å². The summed E-state index contributed by atoms with van der Waals surface area (Å²) in [7, 11) is 2.15. The number of carbonyl (C=O) groups is 1. The average molecular weight is 418 g/mol. The van der Waals surface area contributed by atoms with Gasteiger partial charge in [0.1, 0.15) is 0 Å². The van der Waals surface area contributed by atoms with Crippen LogP contribution in [0.4, 0.5) is 11.4 Å². The van der Waals surface area contributed by atoms with Gasteiger partial charge in [-0.1, -0.05) is 28.1 Å². The molecule has 0 bridgehead atoms. The third-order valence-electron chi connectivity index (χ3n) is 4.72. The number of halogens is 1. The third-order valence-corrected chi connectivity index (χ3v) is 5.22. The first-order chi connectivity index (χ1) is 12.5. The fraction of sp³-hybridized carbons (Fsp3) is 0.350. The largest absolute Gasteiger partial charge is 0.397 e. The molecule has 1 aliphatic rings. The molecule has 0 aromatic heterocycles. The van der Waals surface area contributed by atoms with Gasteiger partial charge in [-0.15, -0.1) is 0 Å². The van der Waals surface area contributed by atoms with Gasteiger partial charge in [-0.25, -0.2) is 0 Å². The summed E-state index contributed by atoms with van der Waals surface area (Å²) < 4.78 is 6.30. The van der Waals surface area contributed by atoms with Gasteiger partial charge in [-0.05, 0) is 55.8 Å². The third kappa shape index (κ3) is 4.84. The van der Waals surface area contributed by atoms with Crippen molar-refractivity contribution in [1.82, 2.24) is 4.90 Å². The molecule has 5 nitrogen and oxygen atoms in total. The topological polar surface area (TPSA) is 67.6 Å². The molecule has 0 aliphatic carbocycles. The van der Waals surface area contributed by atoms with Gasteiger partial charge in [0.15, 0.2) is 0 Å². The highest BCUT2D eigenvalue weighted by atomic mass is 79.9. The monoisotopic (exact) mass is 417 g/mol. The molecule has 26 heavy (non-hydrogen) atoms. The lowest BCUT2D eigenvalue weighted by Gasteiger charge is -2.31. The lowest BCUT2D eigenvalue weighted by atomic mass is 10.1. The maximum Gasteiger partial charge on any atom is 0.255 e. The zero-order chi connectivity index (χ0) is 18.5. The molecule has 3 rings (SSSR count). The van der Waals surface area contributed by atoms with Crippen LogP contribution in [0.5, 0.6) is 0 Å². The van der Waals surface area contributed by atoms with E-state index < -0.39 is 0 Å². The molecule has 0 unspecified atom stereocenters. The van der Waals surface area contributed by atoms with Crippen LogP contribution in [0.2, 0.25) is 0 Å².